The van der Waals surface area contributed by atoms with Gasteiger partial charge in [-0.1, -0.05) is 53.9 Å². The third-order valence-electron chi connectivity index (χ3n) is 3.27. The van der Waals surface area contributed by atoms with E-state index in [9.17, 15) is 4.79 Å². The molecule has 0 amide bonds. The number of Topliss-reactive ketones (excluding diaryl/α,β-unsaturated/α-hetero) is 1. The monoisotopic (exact) mass is 318 g/mol. The van der Waals surface area contributed by atoms with Gasteiger partial charge in [0.2, 0.25) is 5.88 Å². The van der Waals surface area contributed by atoms with Crippen LogP contribution in [0.4, 0.5) is 0 Å². The first-order chi connectivity index (χ1) is 10.2. The molecule has 0 N–H and O–H groups in total. The predicted octanol–water partition coefficient (Wildman–Crippen LogP) is 3.63. The molecule has 6 heteroatoms. The second kappa shape index (κ2) is 6.07. The van der Waals surface area contributed by atoms with Crippen molar-refractivity contribution in [2.75, 3.05) is 13.4 Å². The molecule has 0 fully saturated rings. The van der Waals surface area contributed by atoms with Crippen molar-refractivity contribution in [1.82, 2.24) is 9.97 Å². The molecule has 1 atom stereocenters. The molecule has 1 aliphatic rings. The molecule has 2 heterocycles. The molecule has 2 aromatic rings. The zero-order valence-corrected chi connectivity index (χ0v) is 13.3. The number of thioether (sulfide) groups is 2. The number of fused-ring (bicyclic) bond motifs is 1. The molecule has 108 valence electrons. The van der Waals surface area contributed by atoms with Gasteiger partial charge in [-0.05, 0) is 11.8 Å². The van der Waals surface area contributed by atoms with Gasteiger partial charge in [0.25, 0.3) is 0 Å². The van der Waals surface area contributed by atoms with Crippen LogP contribution in [0.2, 0.25) is 0 Å². The highest BCUT2D eigenvalue weighted by molar-refractivity contribution is 8.00. The van der Waals surface area contributed by atoms with E-state index in [-0.39, 0.29) is 11.0 Å². The van der Waals surface area contributed by atoms with Crippen molar-refractivity contribution >= 4 is 29.3 Å². The Morgan fingerprint density at radius 1 is 1.29 bits per heavy atom. The lowest BCUT2D eigenvalue weighted by Gasteiger charge is -2.23. The molecule has 21 heavy (non-hydrogen) atoms. The number of ketones is 1. The first kappa shape index (κ1) is 14.4. The smallest absolute Gasteiger partial charge is 0.229 e. The number of methoxy groups -OCH3 is 1. The first-order valence-electron chi connectivity index (χ1n) is 6.47. The highest BCUT2D eigenvalue weighted by atomic mass is 32.2. The minimum atomic E-state index is 0.0436. The summed E-state index contributed by atoms with van der Waals surface area (Å²) in [7, 11) is 1.54. The summed E-state index contributed by atoms with van der Waals surface area (Å²) in [5, 5.41) is 1.44. The number of ether oxygens (including phenoxy) is 1. The molecular weight excluding hydrogens is 304 g/mol. The van der Waals surface area contributed by atoms with Crippen LogP contribution in [0.5, 0.6) is 5.88 Å². The number of hydrogen-bond donors (Lipinski definition) is 0. The van der Waals surface area contributed by atoms with Crippen LogP contribution in [-0.2, 0) is 0 Å². The summed E-state index contributed by atoms with van der Waals surface area (Å²) in [6.45, 7) is 0. The van der Waals surface area contributed by atoms with E-state index in [0.29, 0.717) is 23.0 Å². The maximum absolute atomic E-state index is 12.5. The maximum atomic E-state index is 12.5. The number of carbonyl (C=O) groups excluding carboxylic acids is 1. The second-order valence-corrected chi connectivity index (χ2v) is 6.51. The van der Waals surface area contributed by atoms with Gasteiger partial charge in [-0.2, -0.15) is 4.98 Å². The minimum Gasteiger partial charge on any atom is -0.480 e. The lowest BCUT2D eigenvalue weighted by Crippen LogP contribution is -2.16. The molecular formula is C15H14N2O2S2. The van der Waals surface area contributed by atoms with Gasteiger partial charge in [-0.3, -0.25) is 4.79 Å². The summed E-state index contributed by atoms with van der Waals surface area (Å²) >= 11 is 3.05. The number of aromatic nitrogens is 2. The van der Waals surface area contributed by atoms with Crippen molar-refractivity contribution in [2.24, 2.45) is 0 Å². The molecule has 1 aromatic carbocycles. The first-order valence-corrected chi connectivity index (χ1v) is 8.58. The molecule has 0 aliphatic carbocycles. The Balaban J connectivity index is 2.03. The molecule has 1 aliphatic heterocycles. The van der Waals surface area contributed by atoms with Crippen molar-refractivity contribution in [1.29, 1.82) is 0 Å². The van der Waals surface area contributed by atoms with Crippen LogP contribution in [-0.4, -0.2) is 29.1 Å². The largest absolute Gasteiger partial charge is 0.480 e. The molecule has 1 aromatic heterocycles. The Kier molecular flexibility index (Phi) is 4.17. The van der Waals surface area contributed by atoms with Crippen LogP contribution in [0.25, 0.3) is 0 Å². The Hall–Kier alpha value is -1.53. The van der Waals surface area contributed by atoms with Gasteiger partial charge in [0.15, 0.2) is 10.9 Å². The van der Waals surface area contributed by atoms with Crippen LogP contribution in [0.1, 0.15) is 27.6 Å². The van der Waals surface area contributed by atoms with Crippen LogP contribution < -0.4 is 4.74 Å². The topological polar surface area (TPSA) is 52.1 Å². The quantitative estimate of drug-likeness (QED) is 0.489. The summed E-state index contributed by atoms with van der Waals surface area (Å²) in [4.78, 5) is 21.2. The van der Waals surface area contributed by atoms with Crippen LogP contribution >= 0.6 is 23.5 Å². The average molecular weight is 318 g/mol. The number of hydrogen-bond acceptors (Lipinski definition) is 6. The SMILES string of the molecule is COc1nc(SC)nc2c1C(=O)CC(c1ccccc1)S2. The highest BCUT2D eigenvalue weighted by Crippen LogP contribution is 2.46. The van der Waals surface area contributed by atoms with Crippen LogP contribution in [0.3, 0.4) is 0 Å². The van der Waals surface area contributed by atoms with E-state index in [1.54, 1.807) is 11.8 Å². The standard InChI is InChI=1S/C15H14N2O2S2/c1-19-13-12-10(18)8-11(9-6-4-3-5-7-9)21-14(12)17-15(16-13)20-2/h3-7,11H,8H2,1-2H3. The Morgan fingerprint density at radius 2 is 2.05 bits per heavy atom. The van der Waals surface area contributed by atoms with Crippen molar-refractivity contribution in [3.05, 3.63) is 41.5 Å². The van der Waals surface area contributed by atoms with E-state index in [1.165, 1.54) is 18.9 Å². The van der Waals surface area contributed by atoms with E-state index in [1.807, 2.05) is 36.6 Å². The number of rotatable bonds is 3. The number of benzene rings is 1. The normalized spacial score (nSPS) is 17.4. The molecule has 0 saturated heterocycles. The zero-order valence-electron chi connectivity index (χ0n) is 11.7. The third-order valence-corrected chi connectivity index (χ3v) is 5.06. The fourth-order valence-electron chi connectivity index (χ4n) is 2.27. The van der Waals surface area contributed by atoms with Gasteiger partial charge in [0.05, 0.1) is 7.11 Å². The van der Waals surface area contributed by atoms with Crippen LogP contribution in [0.15, 0.2) is 40.5 Å². The zero-order chi connectivity index (χ0) is 14.8. The van der Waals surface area contributed by atoms with Gasteiger partial charge >= 0.3 is 0 Å². The summed E-state index contributed by atoms with van der Waals surface area (Å²) in [5.41, 5.74) is 1.66. The lowest BCUT2D eigenvalue weighted by molar-refractivity contribution is 0.0971. The minimum absolute atomic E-state index is 0.0436. The van der Waals surface area contributed by atoms with Crippen molar-refractivity contribution in [3.8, 4) is 5.88 Å². The fourth-order valence-corrected chi connectivity index (χ4v) is 3.94. The number of nitrogens with zero attached hydrogens (tertiary/aromatic N) is 2. The Bertz CT molecular complexity index is 677. The van der Waals surface area contributed by atoms with Gasteiger partial charge < -0.3 is 4.74 Å². The van der Waals surface area contributed by atoms with Crippen LogP contribution in [0, 0.1) is 0 Å². The van der Waals surface area contributed by atoms with Gasteiger partial charge in [-0.15, -0.1) is 0 Å². The van der Waals surface area contributed by atoms with E-state index >= 15 is 0 Å². The fraction of sp³-hybridized carbons (Fsp3) is 0.267. The molecule has 1 unspecified atom stereocenters. The summed E-state index contributed by atoms with van der Waals surface area (Å²) in [6.07, 6.45) is 2.35. The van der Waals surface area contributed by atoms with Crippen molar-refractivity contribution in [3.63, 3.8) is 0 Å². The predicted molar refractivity (Wildman–Crippen MR) is 84.4 cm³/mol. The van der Waals surface area contributed by atoms with E-state index < -0.39 is 0 Å². The molecule has 0 spiro atoms. The van der Waals surface area contributed by atoms with E-state index in [4.69, 9.17) is 4.74 Å². The average Bonchev–Trinajstić information content (AvgIpc) is 2.54. The van der Waals surface area contributed by atoms with Crippen molar-refractivity contribution < 1.29 is 9.53 Å². The van der Waals surface area contributed by atoms with E-state index in [2.05, 4.69) is 9.97 Å². The molecule has 3 rings (SSSR count). The molecule has 4 nitrogen and oxygen atoms in total. The Morgan fingerprint density at radius 3 is 2.71 bits per heavy atom. The van der Waals surface area contributed by atoms with Gasteiger partial charge in [0, 0.05) is 11.7 Å². The summed E-state index contributed by atoms with van der Waals surface area (Å²) in [6, 6.07) is 10.0. The second-order valence-electron chi connectivity index (χ2n) is 4.54. The molecule has 0 radical (unpaired) electrons. The summed E-state index contributed by atoms with van der Waals surface area (Å²) in [5.74, 6) is 0.426. The molecule has 0 bridgehead atoms. The maximum Gasteiger partial charge on any atom is 0.229 e. The number of carbonyl (C=O) groups is 1. The highest BCUT2D eigenvalue weighted by Gasteiger charge is 2.32. The Labute approximate surface area is 131 Å². The third kappa shape index (κ3) is 2.78. The summed E-state index contributed by atoms with van der Waals surface area (Å²) < 4.78 is 5.27. The van der Waals surface area contributed by atoms with Gasteiger partial charge in [-0.25, -0.2) is 4.98 Å². The van der Waals surface area contributed by atoms with Gasteiger partial charge in [0.1, 0.15) is 10.6 Å². The van der Waals surface area contributed by atoms with Crippen molar-refractivity contribution in [2.45, 2.75) is 21.9 Å². The molecule has 0 saturated carbocycles. The lowest BCUT2D eigenvalue weighted by atomic mass is 10.0. The van der Waals surface area contributed by atoms with E-state index in [0.717, 1.165) is 10.6 Å².